The van der Waals surface area contributed by atoms with Gasteiger partial charge < -0.3 is 5.32 Å². The van der Waals surface area contributed by atoms with Crippen molar-refractivity contribution in [3.8, 4) is 0 Å². The van der Waals surface area contributed by atoms with Crippen LogP contribution in [0.3, 0.4) is 0 Å². The molecular formula is C20H20FN3O2. The Hall–Kier alpha value is -2.76. The van der Waals surface area contributed by atoms with Gasteiger partial charge in [0.25, 0.3) is 5.91 Å². The molecule has 1 N–H and O–H groups in total. The fourth-order valence-corrected chi connectivity index (χ4v) is 3.88. The maximum absolute atomic E-state index is 13.3. The molecule has 0 saturated heterocycles. The normalized spacial score (nSPS) is 19.7. The largest absolute Gasteiger partial charge is 0.353 e. The van der Waals surface area contributed by atoms with Crippen molar-refractivity contribution in [2.75, 3.05) is 4.90 Å². The van der Waals surface area contributed by atoms with Crippen LogP contribution in [0, 0.1) is 5.82 Å². The van der Waals surface area contributed by atoms with Crippen LogP contribution in [-0.4, -0.2) is 22.8 Å². The first-order valence-electron chi connectivity index (χ1n) is 8.97. The molecule has 0 radical (unpaired) electrons. The van der Waals surface area contributed by atoms with E-state index in [9.17, 15) is 14.0 Å². The summed E-state index contributed by atoms with van der Waals surface area (Å²) in [5.74, 6) is -0.662. The molecule has 6 heteroatoms. The minimum atomic E-state index is -0.481. The molecule has 2 aromatic rings. The van der Waals surface area contributed by atoms with E-state index in [0.29, 0.717) is 16.9 Å². The highest BCUT2D eigenvalue weighted by Gasteiger charge is 2.40. The maximum Gasteiger partial charge on any atom is 0.260 e. The molecule has 5 nitrogen and oxygen atoms in total. The molecule has 26 heavy (non-hydrogen) atoms. The quantitative estimate of drug-likeness (QED) is 0.917. The number of hydrogen-bond acceptors (Lipinski definition) is 3. The van der Waals surface area contributed by atoms with E-state index in [0.717, 1.165) is 25.7 Å². The lowest BCUT2D eigenvalue weighted by Gasteiger charge is -2.25. The number of carbonyl (C=O) groups excluding carboxylic acids is 2. The molecule has 0 spiro atoms. The van der Waals surface area contributed by atoms with Crippen LogP contribution in [0.4, 0.5) is 10.1 Å². The average molecular weight is 353 g/mol. The second kappa shape index (κ2) is 6.86. The van der Waals surface area contributed by atoms with Crippen LogP contribution in [0.5, 0.6) is 0 Å². The maximum atomic E-state index is 13.3. The number of hydrogen-bond donors (Lipinski definition) is 1. The van der Waals surface area contributed by atoms with Crippen LogP contribution in [0.2, 0.25) is 0 Å². The van der Waals surface area contributed by atoms with E-state index in [4.69, 9.17) is 0 Å². The van der Waals surface area contributed by atoms with E-state index < -0.39 is 6.04 Å². The number of carbonyl (C=O) groups is 2. The fraction of sp³-hybridized carbons (Fsp3) is 0.350. The summed E-state index contributed by atoms with van der Waals surface area (Å²) >= 11 is 0. The molecule has 1 fully saturated rings. The SMILES string of the molecule is O=C(C[C@H]1c2ncccc2C(=O)N1c1ccc(F)cc1)NC1CCCC1. The lowest BCUT2D eigenvalue weighted by molar-refractivity contribution is -0.122. The molecular weight excluding hydrogens is 333 g/mol. The molecule has 1 aliphatic heterocycles. The topological polar surface area (TPSA) is 62.3 Å². The molecule has 2 amide bonds. The lowest BCUT2D eigenvalue weighted by atomic mass is 10.1. The van der Waals surface area contributed by atoms with Gasteiger partial charge in [0.1, 0.15) is 5.82 Å². The van der Waals surface area contributed by atoms with Crippen LogP contribution >= 0.6 is 0 Å². The zero-order chi connectivity index (χ0) is 18.1. The fourth-order valence-electron chi connectivity index (χ4n) is 3.88. The van der Waals surface area contributed by atoms with Crippen molar-refractivity contribution in [3.63, 3.8) is 0 Å². The number of pyridine rings is 1. The Bertz CT molecular complexity index is 831. The van der Waals surface area contributed by atoms with Gasteiger partial charge in [-0.3, -0.25) is 19.5 Å². The van der Waals surface area contributed by atoms with Crippen LogP contribution < -0.4 is 10.2 Å². The summed E-state index contributed by atoms with van der Waals surface area (Å²) in [5, 5.41) is 3.07. The molecule has 0 bridgehead atoms. The number of benzene rings is 1. The van der Waals surface area contributed by atoms with Crippen LogP contribution in [-0.2, 0) is 4.79 Å². The molecule has 134 valence electrons. The van der Waals surface area contributed by atoms with Gasteiger partial charge in [-0.25, -0.2) is 4.39 Å². The van der Waals surface area contributed by atoms with Crippen molar-refractivity contribution < 1.29 is 14.0 Å². The van der Waals surface area contributed by atoms with Gasteiger partial charge in [0.05, 0.1) is 23.7 Å². The van der Waals surface area contributed by atoms with E-state index >= 15 is 0 Å². The summed E-state index contributed by atoms with van der Waals surface area (Å²) in [6.45, 7) is 0. The predicted octanol–water partition coefficient (Wildman–Crippen LogP) is 3.37. The number of amides is 2. The molecule has 1 aliphatic carbocycles. The third kappa shape index (κ3) is 3.07. The number of nitrogens with zero attached hydrogens (tertiary/aromatic N) is 2. The van der Waals surface area contributed by atoms with Crippen molar-refractivity contribution in [1.29, 1.82) is 0 Å². The van der Waals surface area contributed by atoms with Crippen molar-refractivity contribution in [2.45, 2.75) is 44.2 Å². The first-order valence-corrected chi connectivity index (χ1v) is 8.97. The second-order valence-electron chi connectivity index (χ2n) is 6.86. The Morgan fingerprint density at radius 1 is 1.19 bits per heavy atom. The van der Waals surface area contributed by atoms with E-state index in [1.54, 1.807) is 35.4 Å². The van der Waals surface area contributed by atoms with Gasteiger partial charge in [-0.05, 0) is 49.2 Å². The first kappa shape index (κ1) is 16.7. The third-order valence-corrected chi connectivity index (χ3v) is 5.12. The number of anilines is 1. The molecule has 2 heterocycles. The van der Waals surface area contributed by atoms with Gasteiger partial charge in [-0.1, -0.05) is 12.8 Å². The van der Waals surface area contributed by atoms with Gasteiger partial charge in [-0.2, -0.15) is 0 Å². The van der Waals surface area contributed by atoms with Gasteiger partial charge in [0.2, 0.25) is 5.91 Å². The molecule has 1 aromatic heterocycles. The van der Waals surface area contributed by atoms with Crippen LogP contribution in [0.25, 0.3) is 0 Å². The molecule has 4 rings (SSSR count). The summed E-state index contributed by atoms with van der Waals surface area (Å²) in [7, 11) is 0. The highest BCUT2D eigenvalue weighted by molar-refractivity contribution is 6.11. The third-order valence-electron chi connectivity index (χ3n) is 5.12. The number of aromatic nitrogens is 1. The van der Waals surface area contributed by atoms with Crippen LogP contribution in [0.1, 0.15) is 54.2 Å². The minimum absolute atomic E-state index is 0.0830. The summed E-state index contributed by atoms with van der Waals surface area (Å²) in [6, 6.07) is 8.91. The standard InChI is InChI=1S/C20H20FN3O2/c21-13-7-9-15(10-8-13)24-17(12-18(25)23-14-4-1-2-5-14)19-16(20(24)26)6-3-11-22-19/h3,6-11,14,17H,1-2,4-5,12H2,(H,23,25)/t17-/m0/s1. The zero-order valence-electron chi connectivity index (χ0n) is 14.3. The van der Waals surface area contributed by atoms with E-state index in [1.165, 1.54) is 12.1 Å². The average Bonchev–Trinajstić information content (AvgIpc) is 3.24. The molecule has 2 aliphatic rings. The number of fused-ring (bicyclic) bond motifs is 1. The smallest absolute Gasteiger partial charge is 0.260 e. The lowest BCUT2D eigenvalue weighted by Crippen LogP contribution is -2.36. The van der Waals surface area contributed by atoms with Gasteiger partial charge in [0.15, 0.2) is 0 Å². The summed E-state index contributed by atoms with van der Waals surface area (Å²) in [5.41, 5.74) is 1.66. The molecule has 1 atom stereocenters. The monoisotopic (exact) mass is 353 g/mol. The van der Waals surface area contributed by atoms with Crippen molar-refractivity contribution in [3.05, 3.63) is 59.7 Å². The van der Waals surface area contributed by atoms with Gasteiger partial charge in [0, 0.05) is 17.9 Å². The second-order valence-corrected chi connectivity index (χ2v) is 6.86. The van der Waals surface area contributed by atoms with E-state index in [-0.39, 0.29) is 30.1 Å². The number of rotatable bonds is 4. The molecule has 1 aromatic carbocycles. The highest BCUT2D eigenvalue weighted by atomic mass is 19.1. The molecule has 1 saturated carbocycles. The highest BCUT2D eigenvalue weighted by Crippen LogP contribution is 2.38. The van der Waals surface area contributed by atoms with E-state index in [1.807, 2.05) is 0 Å². The Balaban J connectivity index is 1.62. The van der Waals surface area contributed by atoms with Crippen LogP contribution in [0.15, 0.2) is 42.6 Å². The van der Waals surface area contributed by atoms with Crippen molar-refractivity contribution >= 4 is 17.5 Å². The minimum Gasteiger partial charge on any atom is -0.353 e. The Morgan fingerprint density at radius 2 is 1.92 bits per heavy atom. The summed E-state index contributed by atoms with van der Waals surface area (Å²) in [4.78, 5) is 31.3. The Morgan fingerprint density at radius 3 is 2.65 bits per heavy atom. The first-order chi connectivity index (χ1) is 12.6. The van der Waals surface area contributed by atoms with Gasteiger partial charge in [-0.15, -0.1) is 0 Å². The van der Waals surface area contributed by atoms with Crippen molar-refractivity contribution in [2.24, 2.45) is 0 Å². The summed E-state index contributed by atoms with van der Waals surface area (Å²) < 4.78 is 13.3. The zero-order valence-corrected chi connectivity index (χ0v) is 14.3. The summed E-state index contributed by atoms with van der Waals surface area (Å²) in [6.07, 6.45) is 6.06. The van der Waals surface area contributed by atoms with E-state index in [2.05, 4.69) is 10.3 Å². The Labute approximate surface area is 151 Å². The predicted molar refractivity (Wildman–Crippen MR) is 95.2 cm³/mol. The number of nitrogens with one attached hydrogen (secondary N) is 1. The van der Waals surface area contributed by atoms with Crippen molar-refractivity contribution in [1.82, 2.24) is 10.3 Å². The number of halogens is 1. The molecule has 0 unspecified atom stereocenters. The Kier molecular flexibility index (Phi) is 4.41. The van der Waals surface area contributed by atoms with Gasteiger partial charge >= 0.3 is 0 Å².